The molecule has 190 valence electrons. The molecule has 0 radical (unpaired) electrons. The van der Waals surface area contributed by atoms with Crippen molar-refractivity contribution in [3.05, 3.63) is 67.1 Å². The Hall–Kier alpha value is -4.28. The van der Waals surface area contributed by atoms with Gasteiger partial charge in [-0.1, -0.05) is 0 Å². The molecule has 0 spiro atoms. The maximum Gasteiger partial charge on any atom is 0.330 e. The van der Waals surface area contributed by atoms with Gasteiger partial charge in [0.15, 0.2) is 0 Å². The number of anilines is 3. The van der Waals surface area contributed by atoms with Gasteiger partial charge in [0.1, 0.15) is 12.1 Å². The van der Waals surface area contributed by atoms with Crippen LogP contribution in [0.3, 0.4) is 0 Å². The molecular formula is C27H28N6O4. The molecule has 37 heavy (non-hydrogen) atoms. The first-order valence-corrected chi connectivity index (χ1v) is 12.2. The quantitative estimate of drug-likeness (QED) is 0.181. The summed E-state index contributed by atoms with van der Waals surface area (Å²) in [5.74, 6) is -0.365. The van der Waals surface area contributed by atoms with Crippen LogP contribution < -0.4 is 10.6 Å². The van der Waals surface area contributed by atoms with E-state index >= 15 is 0 Å². The predicted molar refractivity (Wildman–Crippen MR) is 142 cm³/mol. The number of nitrogens with zero attached hydrogens (tertiary/aromatic N) is 3. The fourth-order valence-corrected chi connectivity index (χ4v) is 4.16. The summed E-state index contributed by atoms with van der Waals surface area (Å²) in [7, 11) is 0. The molecule has 10 nitrogen and oxygen atoms in total. The van der Waals surface area contributed by atoms with Crippen molar-refractivity contribution in [2.75, 3.05) is 50.1 Å². The number of esters is 1. The molecule has 0 saturated carbocycles. The van der Waals surface area contributed by atoms with Crippen LogP contribution in [0, 0.1) is 0 Å². The number of amides is 1. The average molecular weight is 501 g/mol. The number of carbonyl (C=O) groups is 2. The lowest BCUT2D eigenvalue weighted by molar-refractivity contribution is -0.138. The predicted octanol–water partition coefficient (Wildman–Crippen LogP) is 3.61. The highest BCUT2D eigenvalue weighted by molar-refractivity contribution is 6.04. The summed E-state index contributed by atoms with van der Waals surface area (Å²) in [4.78, 5) is 38.5. The van der Waals surface area contributed by atoms with Gasteiger partial charge in [0, 0.05) is 65.6 Å². The molecule has 1 aliphatic rings. The number of hydrogen-bond donors (Lipinski definition) is 3. The van der Waals surface area contributed by atoms with E-state index in [1.54, 1.807) is 18.2 Å². The summed E-state index contributed by atoms with van der Waals surface area (Å²) in [5, 5.41) is 7.93. The lowest BCUT2D eigenvalue weighted by Gasteiger charge is -2.26. The minimum absolute atomic E-state index is 0.305. The Labute approximate surface area is 213 Å². The van der Waals surface area contributed by atoms with Crippen molar-refractivity contribution in [3.63, 3.8) is 0 Å². The zero-order chi connectivity index (χ0) is 25.5. The normalized spacial score (nSPS) is 14.3. The molecule has 0 unspecified atom stereocenters. The first-order valence-electron chi connectivity index (χ1n) is 12.2. The molecule has 4 aromatic rings. The first kappa shape index (κ1) is 24.4. The van der Waals surface area contributed by atoms with Crippen molar-refractivity contribution in [1.82, 2.24) is 19.9 Å². The number of H-pyrrole nitrogens is 1. The summed E-state index contributed by atoms with van der Waals surface area (Å²) in [6.07, 6.45) is 6.43. The minimum Gasteiger partial charge on any atom is -0.462 e. The molecule has 3 N–H and O–H groups in total. The van der Waals surface area contributed by atoms with Gasteiger partial charge in [-0.2, -0.15) is 0 Å². The molecule has 1 aliphatic heterocycles. The smallest absolute Gasteiger partial charge is 0.330 e. The molecule has 1 saturated heterocycles. The van der Waals surface area contributed by atoms with E-state index < -0.39 is 11.9 Å². The Morgan fingerprint density at radius 1 is 1.05 bits per heavy atom. The van der Waals surface area contributed by atoms with Gasteiger partial charge in [-0.15, -0.1) is 0 Å². The summed E-state index contributed by atoms with van der Waals surface area (Å²) in [6.45, 7) is 4.43. The molecule has 0 atom stereocenters. The Morgan fingerprint density at radius 2 is 1.92 bits per heavy atom. The van der Waals surface area contributed by atoms with Gasteiger partial charge < -0.3 is 25.1 Å². The average Bonchev–Trinajstić information content (AvgIpc) is 3.39. The van der Waals surface area contributed by atoms with Gasteiger partial charge >= 0.3 is 5.97 Å². The number of nitrogens with one attached hydrogen (secondary N) is 3. The first-order chi connectivity index (χ1) is 18.1. The van der Waals surface area contributed by atoms with E-state index in [2.05, 4.69) is 30.5 Å². The third-order valence-electron chi connectivity index (χ3n) is 6.06. The van der Waals surface area contributed by atoms with E-state index in [0.717, 1.165) is 72.8 Å². The monoisotopic (exact) mass is 500 g/mol. The number of rotatable bonds is 9. The van der Waals surface area contributed by atoms with Crippen LogP contribution in [0.4, 0.5) is 17.2 Å². The Kier molecular flexibility index (Phi) is 7.68. The SMILES string of the molecule is O=C(/C=C/C(=O)OCCCN1CCOCC1)Nc1ccc2ncnc(Nc3ccc4[nH]ccc4c3)c2c1. The molecule has 10 heteroatoms. The Balaban J connectivity index is 1.16. The fourth-order valence-electron chi connectivity index (χ4n) is 4.16. The molecule has 1 amide bonds. The van der Waals surface area contributed by atoms with Crippen LogP contribution in [0.15, 0.2) is 67.1 Å². The number of fused-ring (bicyclic) bond motifs is 2. The van der Waals surface area contributed by atoms with E-state index in [-0.39, 0.29) is 0 Å². The molecule has 3 heterocycles. The van der Waals surface area contributed by atoms with Crippen molar-refractivity contribution in [2.45, 2.75) is 6.42 Å². The summed E-state index contributed by atoms with van der Waals surface area (Å²) in [6, 6.07) is 13.3. The number of hydrogen-bond acceptors (Lipinski definition) is 8. The zero-order valence-electron chi connectivity index (χ0n) is 20.3. The fraction of sp³-hybridized carbons (Fsp3) is 0.259. The number of ether oxygens (including phenoxy) is 2. The van der Waals surface area contributed by atoms with Crippen molar-refractivity contribution >= 4 is 50.9 Å². The van der Waals surface area contributed by atoms with Crippen LogP contribution in [0.1, 0.15) is 6.42 Å². The number of benzene rings is 2. The van der Waals surface area contributed by atoms with Gasteiger partial charge in [-0.25, -0.2) is 14.8 Å². The largest absolute Gasteiger partial charge is 0.462 e. The van der Waals surface area contributed by atoms with Crippen LogP contribution in [0.25, 0.3) is 21.8 Å². The Morgan fingerprint density at radius 3 is 2.81 bits per heavy atom. The zero-order valence-corrected chi connectivity index (χ0v) is 20.3. The maximum absolute atomic E-state index is 12.4. The second kappa shape index (κ2) is 11.6. The van der Waals surface area contributed by atoms with Crippen molar-refractivity contribution in [3.8, 4) is 0 Å². The van der Waals surface area contributed by atoms with Gasteiger partial charge in [-0.3, -0.25) is 9.69 Å². The third kappa shape index (κ3) is 6.49. The van der Waals surface area contributed by atoms with E-state index in [1.807, 2.05) is 30.5 Å². The van der Waals surface area contributed by atoms with E-state index in [0.29, 0.717) is 18.1 Å². The third-order valence-corrected chi connectivity index (χ3v) is 6.06. The highest BCUT2D eigenvalue weighted by Gasteiger charge is 2.10. The molecule has 5 rings (SSSR count). The molecular weight excluding hydrogens is 472 g/mol. The van der Waals surface area contributed by atoms with E-state index in [9.17, 15) is 9.59 Å². The van der Waals surface area contributed by atoms with E-state index in [1.165, 1.54) is 12.4 Å². The lowest BCUT2D eigenvalue weighted by atomic mass is 10.2. The van der Waals surface area contributed by atoms with Crippen LogP contribution >= 0.6 is 0 Å². The van der Waals surface area contributed by atoms with Gasteiger partial charge in [-0.05, 0) is 48.9 Å². The van der Waals surface area contributed by atoms with Gasteiger partial charge in [0.25, 0.3) is 0 Å². The van der Waals surface area contributed by atoms with Gasteiger partial charge in [0.05, 0.1) is 25.3 Å². The molecule has 2 aromatic carbocycles. The maximum atomic E-state index is 12.4. The van der Waals surface area contributed by atoms with Crippen molar-refractivity contribution < 1.29 is 19.1 Å². The van der Waals surface area contributed by atoms with Crippen molar-refractivity contribution in [2.24, 2.45) is 0 Å². The van der Waals surface area contributed by atoms with Crippen LogP contribution in [-0.2, 0) is 19.1 Å². The van der Waals surface area contributed by atoms with E-state index in [4.69, 9.17) is 9.47 Å². The number of morpholine rings is 1. The highest BCUT2D eigenvalue weighted by atomic mass is 16.5. The molecule has 1 fully saturated rings. The molecule has 0 bridgehead atoms. The summed E-state index contributed by atoms with van der Waals surface area (Å²) < 4.78 is 10.5. The van der Waals surface area contributed by atoms with Crippen LogP contribution in [0.2, 0.25) is 0 Å². The summed E-state index contributed by atoms with van der Waals surface area (Å²) >= 11 is 0. The van der Waals surface area contributed by atoms with Crippen LogP contribution in [0.5, 0.6) is 0 Å². The number of aromatic nitrogens is 3. The summed E-state index contributed by atoms with van der Waals surface area (Å²) in [5.41, 5.74) is 3.22. The topological polar surface area (TPSA) is 121 Å². The molecule has 0 aliphatic carbocycles. The van der Waals surface area contributed by atoms with Crippen LogP contribution in [-0.4, -0.2) is 71.2 Å². The lowest BCUT2D eigenvalue weighted by Crippen LogP contribution is -2.37. The Bertz CT molecular complexity index is 1430. The second-order valence-corrected chi connectivity index (χ2v) is 8.66. The standard InChI is InChI=1S/C27H28N6O4/c34-25(6-7-26(35)37-13-1-10-33-11-14-36-15-12-33)31-21-3-5-24-22(17-21)27(30-18-29-24)32-20-2-4-23-19(16-20)8-9-28-23/h2-9,16-18,28H,1,10-15H2,(H,31,34)(H,29,30,32)/b7-6+. The minimum atomic E-state index is -0.546. The highest BCUT2D eigenvalue weighted by Crippen LogP contribution is 2.27. The number of aromatic amines is 1. The number of carbonyl (C=O) groups excluding carboxylic acids is 2. The van der Waals surface area contributed by atoms with Crippen molar-refractivity contribution in [1.29, 1.82) is 0 Å². The molecule has 2 aromatic heterocycles. The second-order valence-electron chi connectivity index (χ2n) is 8.66. The van der Waals surface area contributed by atoms with Gasteiger partial charge in [0.2, 0.25) is 5.91 Å².